The summed E-state index contributed by atoms with van der Waals surface area (Å²) in [7, 11) is -3.63. The van der Waals surface area contributed by atoms with Gasteiger partial charge in [-0.25, -0.2) is 8.42 Å². The second kappa shape index (κ2) is 6.60. The molecule has 0 amide bonds. The van der Waals surface area contributed by atoms with Crippen molar-refractivity contribution in [2.45, 2.75) is 55.6 Å². The third-order valence-corrected chi connectivity index (χ3v) is 6.96. The first-order valence-corrected chi connectivity index (χ1v) is 9.66. The highest BCUT2D eigenvalue weighted by molar-refractivity contribution is 7.89. The van der Waals surface area contributed by atoms with Crippen LogP contribution < -0.4 is 0 Å². The molecule has 2 aliphatic rings. The van der Waals surface area contributed by atoms with Crippen molar-refractivity contribution in [1.29, 1.82) is 5.26 Å². The van der Waals surface area contributed by atoms with Gasteiger partial charge in [0.15, 0.2) is 0 Å². The molecule has 2 fully saturated rings. The maximum Gasteiger partial charge on any atom is 0.243 e. The van der Waals surface area contributed by atoms with Crippen molar-refractivity contribution >= 4 is 10.0 Å². The van der Waals surface area contributed by atoms with Crippen molar-refractivity contribution in [2.24, 2.45) is 5.92 Å². The van der Waals surface area contributed by atoms with Crippen LogP contribution in [-0.4, -0.2) is 36.5 Å². The van der Waals surface area contributed by atoms with E-state index in [1.807, 2.05) is 6.07 Å². The fraction of sp³-hybridized carbons (Fsp3) is 0.588. The lowest BCUT2D eigenvalue weighted by molar-refractivity contribution is 0.185. The standard InChI is InChI=1S/C17H22N2O3S/c18-11-13-6-8-16(9-7-13)23(21,22)19-12-15(20)10-17(19)14-4-2-1-3-5-14/h6-9,14-15,17,20H,1-5,10,12H2/t15-,17+/m1/s1. The molecule has 1 aromatic carbocycles. The first-order chi connectivity index (χ1) is 11.0. The molecule has 1 aliphatic carbocycles. The molecule has 0 unspecified atom stereocenters. The normalized spacial score (nSPS) is 27.0. The van der Waals surface area contributed by atoms with Gasteiger partial charge in [-0.2, -0.15) is 9.57 Å². The van der Waals surface area contributed by atoms with E-state index in [1.54, 1.807) is 0 Å². The van der Waals surface area contributed by atoms with Gasteiger partial charge < -0.3 is 5.11 Å². The third kappa shape index (κ3) is 3.27. The summed E-state index contributed by atoms with van der Waals surface area (Å²) >= 11 is 0. The zero-order valence-electron chi connectivity index (χ0n) is 13.1. The number of sulfonamides is 1. The van der Waals surface area contributed by atoms with Crippen molar-refractivity contribution in [1.82, 2.24) is 4.31 Å². The average Bonchev–Trinajstić information content (AvgIpc) is 2.98. The molecule has 2 atom stereocenters. The monoisotopic (exact) mass is 334 g/mol. The molecule has 23 heavy (non-hydrogen) atoms. The average molecular weight is 334 g/mol. The van der Waals surface area contributed by atoms with Crippen molar-refractivity contribution in [2.75, 3.05) is 6.54 Å². The van der Waals surface area contributed by atoms with Crippen LogP contribution in [0.3, 0.4) is 0 Å². The van der Waals surface area contributed by atoms with Gasteiger partial charge in [-0.05, 0) is 49.4 Å². The van der Waals surface area contributed by atoms with Gasteiger partial charge in [-0.15, -0.1) is 0 Å². The van der Waals surface area contributed by atoms with Crippen LogP contribution in [0.5, 0.6) is 0 Å². The molecular weight excluding hydrogens is 312 g/mol. The number of nitriles is 1. The van der Waals surface area contributed by atoms with Crippen molar-refractivity contribution < 1.29 is 13.5 Å². The van der Waals surface area contributed by atoms with Crippen molar-refractivity contribution in [3.8, 4) is 6.07 Å². The first kappa shape index (κ1) is 16.4. The fourth-order valence-electron chi connectivity index (χ4n) is 3.87. The number of rotatable bonds is 3. The Hall–Kier alpha value is -1.42. The first-order valence-electron chi connectivity index (χ1n) is 8.22. The van der Waals surface area contributed by atoms with E-state index in [2.05, 4.69) is 0 Å². The van der Waals surface area contributed by atoms with Crippen molar-refractivity contribution in [3.63, 3.8) is 0 Å². The van der Waals surface area contributed by atoms with Gasteiger partial charge in [-0.1, -0.05) is 19.3 Å². The van der Waals surface area contributed by atoms with E-state index in [9.17, 15) is 13.5 Å². The summed E-state index contributed by atoms with van der Waals surface area (Å²) in [5.41, 5.74) is 0.439. The van der Waals surface area contributed by atoms with Crippen LogP contribution in [0.1, 0.15) is 44.1 Å². The summed E-state index contributed by atoms with van der Waals surface area (Å²) in [5, 5.41) is 18.9. The van der Waals surface area contributed by atoms with Gasteiger partial charge in [0.25, 0.3) is 0 Å². The number of aliphatic hydroxyl groups is 1. The van der Waals surface area contributed by atoms with Gasteiger partial charge in [0.1, 0.15) is 0 Å². The predicted molar refractivity (Wildman–Crippen MR) is 86.0 cm³/mol. The van der Waals surface area contributed by atoms with Crippen LogP contribution in [0.2, 0.25) is 0 Å². The Morgan fingerprint density at radius 3 is 2.39 bits per heavy atom. The highest BCUT2D eigenvalue weighted by Crippen LogP contribution is 2.37. The van der Waals surface area contributed by atoms with Gasteiger partial charge >= 0.3 is 0 Å². The summed E-state index contributed by atoms with van der Waals surface area (Å²) < 4.78 is 27.4. The Bertz CT molecular complexity index is 688. The number of β-amino-alcohol motifs (C(OH)–C–C–N with tert-alkyl or cyclic N) is 1. The van der Waals surface area contributed by atoms with E-state index >= 15 is 0 Å². The SMILES string of the molecule is N#Cc1ccc(S(=O)(=O)N2C[C@H](O)C[C@H]2C2CCCCC2)cc1. The molecule has 124 valence electrons. The van der Waals surface area contributed by atoms with E-state index in [-0.39, 0.29) is 17.5 Å². The topological polar surface area (TPSA) is 81.4 Å². The van der Waals surface area contributed by atoms with Crippen LogP contribution in [0.25, 0.3) is 0 Å². The summed E-state index contributed by atoms with van der Waals surface area (Å²) in [6.07, 6.45) is 5.52. The Morgan fingerprint density at radius 1 is 1.13 bits per heavy atom. The van der Waals surface area contributed by atoms with Crippen LogP contribution in [0, 0.1) is 17.2 Å². The zero-order chi connectivity index (χ0) is 16.4. The Labute approximate surface area is 137 Å². The summed E-state index contributed by atoms with van der Waals surface area (Å²) in [5.74, 6) is 0.342. The molecule has 1 aliphatic heterocycles. The molecular formula is C17H22N2O3S. The molecule has 6 heteroatoms. The number of hydrogen-bond acceptors (Lipinski definition) is 4. The van der Waals surface area contributed by atoms with Gasteiger partial charge in [0.05, 0.1) is 22.6 Å². The van der Waals surface area contributed by atoms with E-state index < -0.39 is 16.1 Å². The molecule has 0 spiro atoms. The molecule has 0 aromatic heterocycles. The minimum atomic E-state index is -3.63. The Kier molecular flexibility index (Phi) is 4.72. The van der Waals surface area contributed by atoms with E-state index in [4.69, 9.17) is 5.26 Å². The summed E-state index contributed by atoms with van der Waals surface area (Å²) in [6, 6.07) is 7.90. The molecule has 0 radical (unpaired) electrons. The maximum absolute atomic E-state index is 13.0. The van der Waals surface area contributed by atoms with Crippen LogP contribution in [0.4, 0.5) is 0 Å². The molecule has 5 nitrogen and oxygen atoms in total. The van der Waals surface area contributed by atoms with E-state index in [0.29, 0.717) is 17.9 Å². The molecule has 1 aromatic rings. The number of hydrogen-bond donors (Lipinski definition) is 1. The maximum atomic E-state index is 13.0. The quantitative estimate of drug-likeness (QED) is 0.919. The number of aliphatic hydroxyl groups excluding tert-OH is 1. The molecule has 3 rings (SSSR count). The minimum absolute atomic E-state index is 0.106. The lowest BCUT2D eigenvalue weighted by Crippen LogP contribution is -2.40. The second-order valence-corrected chi connectivity index (χ2v) is 8.46. The molecule has 1 saturated carbocycles. The lowest BCUT2D eigenvalue weighted by atomic mass is 9.83. The molecule has 1 N–H and O–H groups in total. The molecule has 0 bridgehead atoms. The highest BCUT2D eigenvalue weighted by Gasteiger charge is 2.43. The summed E-state index contributed by atoms with van der Waals surface area (Å²) in [6.45, 7) is 0.170. The molecule has 1 heterocycles. The van der Waals surface area contributed by atoms with Gasteiger partial charge in [0, 0.05) is 12.6 Å². The lowest BCUT2D eigenvalue weighted by Gasteiger charge is -2.33. The van der Waals surface area contributed by atoms with Gasteiger partial charge in [-0.3, -0.25) is 0 Å². The Balaban J connectivity index is 1.88. The zero-order valence-corrected chi connectivity index (χ0v) is 13.9. The van der Waals surface area contributed by atoms with Crippen LogP contribution in [0.15, 0.2) is 29.2 Å². The van der Waals surface area contributed by atoms with Crippen LogP contribution >= 0.6 is 0 Å². The van der Waals surface area contributed by atoms with Crippen molar-refractivity contribution in [3.05, 3.63) is 29.8 Å². The summed E-state index contributed by atoms with van der Waals surface area (Å²) in [4.78, 5) is 0.200. The van der Waals surface area contributed by atoms with Crippen LogP contribution in [-0.2, 0) is 10.0 Å². The second-order valence-electron chi connectivity index (χ2n) is 6.57. The fourth-order valence-corrected chi connectivity index (χ4v) is 5.61. The predicted octanol–water partition coefficient (Wildman–Crippen LogP) is 2.26. The number of nitrogens with zero attached hydrogens (tertiary/aromatic N) is 2. The minimum Gasteiger partial charge on any atom is -0.392 e. The smallest absolute Gasteiger partial charge is 0.243 e. The van der Waals surface area contributed by atoms with E-state index in [0.717, 1.165) is 25.7 Å². The van der Waals surface area contributed by atoms with E-state index in [1.165, 1.54) is 35.0 Å². The molecule has 1 saturated heterocycles. The largest absolute Gasteiger partial charge is 0.392 e. The number of benzene rings is 1. The third-order valence-electron chi connectivity index (χ3n) is 5.06. The Morgan fingerprint density at radius 2 is 1.78 bits per heavy atom. The highest BCUT2D eigenvalue weighted by atomic mass is 32.2. The van der Waals surface area contributed by atoms with Gasteiger partial charge in [0.2, 0.25) is 10.0 Å².